The van der Waals surface area contributed by atoms with Gasteiger partial charge in [0.15, 0.2) is 0 Å². The summed E-state index contributed by atoms with van der Waals surface area (Å²) in [6.45, 7) is 0.627. The highest BCUT2D eigenvalue weighted by atomic mass is 35.5. The summed E-state index contributed by atoms with van der Waals surface area (Å²) < 4.78 is 16.6. The molecule has 0 spiro atoms. The van der Waals surface area contributed by atoms with Crippen molar-refractivity contribution in [1.29, 1.82) is 0 Å². The van der Waals surface area contributed by atoms with Crippen LogP contribution in [0.1, 0.15) is 12.0 Å². The number of carbonyl (C=O) groups excluding carboxylic acids is 1. The molecule has 1 amide bonds. The van der Waals surface area contributed by atoms with Crippen molar-refractivity contribution in [1.82, 2.24) is 5.32 Å². The van der Waals surface area contributed by atoms with Crippen LogP contribution in [-0.4, -0.2) is 33.7 Å². The zero-order valence-electron chi connectivity index (χ0n) is 14.7. The van der Waals surface area contributed by atoms with Crippen molar-refractivity contribution >= 4 is 58.1 Å². The first-order valence-electron chi connectivity index (χ1n) is 8.03. The zero-order chi connectivity index (χ0) is 20.1. The highest BCUT2D eigenvalue weighted by Gasteiger charge is 2.03. The Kier molecular flexibility index (Phi) is 11.8. The Morgan fingerprint density at radius 2 is 1.70 bits per heavy atom. The molecule has 0 aliphatic carbocycles. The van der Waals surface area contributed by atoms with Gasteiger partial charge in [0, 0.05) is 36.3 Å². The van der Waals surface area contributed by atoms with Crippen molar-refractivity contribution in [2.45, 2.75) is 17.7 Å². The van der Waals surface area contributed by atoms with Crippen LogP contribution in [0.5, 0.6) is 0 Å². The SMILES string of the molecule is CNc1ccc(CCC(=O)NCCSc2ccc(Cl)c(Cl)c2)cc1.O=S=O. The Hall–Kier alpha value is -1.54. The van der Waals surface area contributed by atoms with Gasteiger partial charge in [-0.2, -0.15) is 8.42 Å². The first-order valence-corrected chi connectivity index (χ1v) is 10.4. The molecule has 0 atom stereocenters. The molecule has 0 radical (unpaired) electrons. The first kappa shape index (κ1) is 23.5. The minimum atomic E-state index is -0.750. The molecule has 0 aliphatic rings. The van der Waals surface area contributed by atoms with Gasteiger partial charge in [-0.25, -0.2) is 0 Å². The fourth-order valence-corrected chi connectivity index (χ4v) is 3.28. The molecule has 5 nitrogen and oxygen atoms in total. The van der Waals surface area contributed by atoms with Crippen LogP contribution in [0.25, 0.3) is 0 Å². The van der Waals surface area contributed by atoms with E-state index in [1.165, 1.54) is 0 Å². The molecule has 0 fully saturated rings. The van der Waals surface area contributed by atoms with Gasteiger partial charge in [0.25, 0.3) is 0 Å². The third-order valence-corrected chi connectivity index (χ3v) is 5.20. The van der Waals surface area contributed by atoms with Crippen LogP contribution >= 0.6 is 35.0 Å². The van der Waals surface area contributed by atoms with Crippen molar-refractivity contribution < 1.29 is 13.2 Å². The van der Waals surface area contributed by atoms with Crippen molar-refractivity contribution in [3.63, 3.8) is 0 Å². The molecule has 0 unspecified atom stereocenters. The second-order valence-corrected chi connectivity index (χ2v) is 7.41. The van der Waals surface area contributed by atoms with Crippen LogP contribution in [0, 0.1) is 0 Å². The number of nitrogens with one attached hydrogen (secondary N) is 2. The fraction of sp³-hybridized carbons (Fsp3) is 0.278. The predicted molar refractivity (Wildman–Crippen MR) is 113 cm³/mol. The molecular weight excluding hydrogens is 427 g/mol. The standard InChI is InChI=1S/C18H20Cl2N2OS.O2S/c1-21-14-5-2-13(3-6-14)4-9-18(23)22-10-11-24-15-7-8-16(19)17(20)12-15;1-3-2/h2-3,5-8,12,21H,4,9-11H2,1H3,(H,22,23);. The van der Waals surface area contributed by atoms with Gasteiger partial charge in [0.05, 0.1) is 10.0 Å². The third-order valence-electron chi connectivity index (χ3n) is 3.47. The van der Waals surface area contributed by atoms with Crippen LogP contribution < -0.4 is 10.6 Å². The molecule has 0 saturated carbocycles. The van der Waals surface area contributed by atoms with Crippen LogP contribution in [0.4, 0.5) is 5.69 Å². The minimum absolute atomic E-state index is 0.0717. The van der Waals surface area contributed by atoms with E-state index in [0.717, 1.165) is 28.3 Å². The summed E-state index contributed by atoms with van der Waals surface area (Å²) in [5, 5.41) is 7.12. The summed E-state index contributed by atoms with van der Waals surface area (Å²) in [5.41, 5.74) is 2.23. The van der Waals surface area contributed by atoms with E-state index in [0.29, 0.717) is 23.0 Å². The molecule has 146 valence electrons. The number of carbonyl (C=O) groups is 1. The number of aryl methyl sites for hydroxylation is 1. The van der Waals surface area contributed by atoms with E-state index in [2.05, 4.69) is 10.6 Å². The number of halogens is 2. The van der Waals surface area contributed by atoms with E-state index in [1.807, 2.05) is 43.4 Å². The normalized spacial score (nSPS) is 9.74. The van der Waals surface area contributed by atoms with Gasteiger partial charge >= 0.3 is 11.6 Å². The number of benzene rings is 2. The van der Waals surface area contributed by atoms with Crippen LogP contribution in [0.3, 0.4) is 0 Å². The molecule has 0 aromatic heterocycles. The first-order chi connectivity index (χ1) is 13.0. The van der Waals surface area contributed by atoms with E-state index in [4.69, 9.17) is 31.6 Å². The van der Waals surface area contributed by atoms with Gasteiger partial charge < -0.3 is 10.6 Å². The molecule has 2 rings (SSSR count). The highest BCUT2D eigenvalue weighted by molar-refractivity contribution is 7.99. The van der Waals surface area contributed by atoms with Crippen LogP contribution in [0.15, 0.2) is 47.4 Å². The van der Waals surface area contributed by atoms with Gasteiger partial charge in [0.1, 0.15) is 0 Å². The Morgan fingerprint density at radius 1 is 1.04 bits per heavy atom. The van der Waals surface area contributed by atoms with Crippen LogP contribution in [-0.2, 0) is 22.8 Å². The quantitative estimate of drug-likeness (QED) is 0.469. The average molecular weight is 447 g/mol. The molecule has 2 aromatic rings. The summed E-state index contributed by atoms with van der Waals surface area (Å²) in [4.78, 5) is 12.9. The summed E-state index contributed by atoms with van der Waals surface area (Å²) in [7, 11) is 1.89. The number of anilines is 1. The lowest BCUT2D eigenvalue weighted by Gasteiger charge is -2.07. The zero-order valence-corrected chi connectivity index (χ0v) is 17.8. The lowest BCUT2D eigenvalue weighted by atomic mass is 10.1. The van der Waals surface area contributed by atoms with Crippen molar-refractivity contribution in [3.8, 4) is 0 Å². The molecule has 2 aromatic carbocycles. The maximum Gasteiger partial charge on any atom is 0.335 e. The second kappa shape index (κ2) is 13.6. The molecule has 2 N–H and O–H groups in total. The van der Waals surface area contributed by atoms with Crippen molar-refractivity contribution in [2.75, 3.05) is 24.7 Å². The Morgan fingerprint density at radius 3 is 2.30 bits per heavy atom. The minimum Gasteiger partial charge on any atom is -0.388 e. The Labute approximate surface area is 176 Å². The number of rotatable bonds is 8. The van der Waals surface area contributed by atoms with E-state index in [9.17, 15) is 4.79 Å². The molecule has 9 heteroatoms. The Bertz CT molecular complexity index is 768. The van der Waals surface area contributed by atoms with Gasteiger partial charge in [-0.15, -0.1) is 11.8 Å². The molecule has 0 aliphatic heterocycles. The highest BCUT2D eigenvalue weighted by Crippen LogP contribution is 2.27. The van der Waals surface area contributed by atoms with E-state index in [1.54, 1.807) is 17.8 Å². The molecule has 27 heavy (non-hydrogen) atoms. The monoisotopic (exact) mass is 446 g/mol. The molecule has 0 heterocycles. The largest absolute Gasteiger partial charge is 0.388 e. The fourth-order valence-electron chi connectivity index (χ4n) is 2.11. The smallest absolute Gasteiger partial charge is 0.335 e. The number of amides is 1. The van der Waals surface area contributed by atoms with Gasteiger partial charge in [-0.1, -0.05) is 35.3 Å². The maximum absolute atomic E-state index is 11.9. The second-order valence-electron chi connectivity index (χ2n) is 5.29. The lowest BCUT2D eigenvalue weighted by molar-refractivity contribution is -0.120. The molecular formula is C18H20Cl2N2O3S2. The van der Waals surface area contributed by atoms with Gasteiger partial charge in [-0.3, -0.25) is 4.79 Å². The van der Waals surface area contributed by atoms with E-state index >= 15 is 0 Å². The van der Waals surface area contributed by atoms with E-state index < -0.39 is 11.6 Å². The summed E-state index contributed by atoms with van der Waals surface area (Å²) in [6, 6.07) is 13.7. The van der Waals surface area contributed by atoms with Gasteiger partial charge in [0.2, 0.25) is 5.91 Å². The number of thioether (sulfide) groups is 1. The molecule has 0 saturated heterocycles. The van der Waals surface area contributed by atoms with Gasteiger partial charge in [-0.05, 0) is 42.3 Å². The Balaban J connectivity index is 0.00000114. The third kappa shape index (κ3) is 9.81. The topological polar surface area (TPSA) is 75.3 Å². The van der Waals surface area contributed by atoms with Crippen molar-refractivity contribution in [3.05, 3.63) is 58.1 Å². The molecule has 0 bridgehead atoms. The number of hydrogen-bond donors (Lipinski definition) is 2. The average Bonchev–Trinajstić information content (AvgIpc) is 2.67. The maximum atomic E-state index is 11.9. The lowest BCUT2D eigenvalue weighted by Crippen LogP contribution is -2.25. The summed E-state index contributed by atoms with van der Waals surface area (Å²) >= 11 is 12.7. The summed E-state index contributed by atoms with van der Waals surface area (Å²) in [6.07, 6.45) is 1.24. The predicted octanol–water partition coefficient (Wildman–Crippen LogP) is 4.21. The van der Waals surface area contributed by atoms with Crippen LogP contribution in [0.2, 0.25) is 10.0 Å². The van der Waals surface area contributed by atoms with E-state index in [-0.39, 0.29) is 5.91 Å². The van der Waals surface area contributed by atoms with Crippen molar-refractivity contribution in [2.24, 2.45) is 0 Å². The summed E-state index contributed by atoms with van der Waals surface area (Å²) in [5.74, 6) is 0.864. The number of hydrogen-bond acceptors (Lipinski definition) is 5.